The van der Waals surface area contributed by atoms with E-state index in [4.69, 9.17) is 0 Å². The molecule has 0 aliphatic heterocycles. The molecule has 0 aliphatic rings. The Morgan fingerprint density at radius 2 is 0.950 bits per heavy atom. The zero-order valence-electron chi connectivity index (χ0n) is 32.7. The maximum Gasteiger partial charge on any atom is 0.0553 e. The van der Waals surface area contributed by atoms with Crippen LogP contribution in [-0.4, -0.2) is 4.57 Å². The molecule has 60 heavy (non-hydrogen) atoms. The van der Waals surface area contributed by atoms with E-state index in [-0.39, 0.29) is 0 Å². The zero-order chi connectivity index (χ0) is 39.6. The zero-order valence-corrected chi connectivity index (χ0v) is 32.7. The molecule has 0 unspecified atom stereocenters. The van der Waals surface area contributed by atoms with Crippen LogP contribution in [-0.2, 0) is 0 Å². The van der Waals surface area contributed by atoms with Crippen LogP contribution < -0.4 is 4.90 Å². The van der Waals surface area contributed by atoms with Crippen molar-refractivity contribution in [1.82, 2.24) is 4.57 Å². The molecule has 0 saturated heterocycles. The molecule has 11 aromatic carbocycles. The summed E-state index contributed by atoms with van der Waals surface area (Å²) >= 11 is 0. The maximum absolute atomic E-state index is 3.47. The molecule has 0 amide bonds. The Balaban J connectivity index is 1.00. The molecule has 1 aromatic heterocycles. The van der Waals surface area contributed by atoms with Crippen molar-refractivity contribution in [1.29, 1.82) is 0 Å². The molecule has 0 spiro atoms. The smallest absolute Gasteiger partial charge is 0.0553 e. The van der Waals surface area contributed by atoms with Crippen molar-refractivity contribution in [3.8, 4) is 27.9 Å². The number of benzene rings is 10. The normalized spacial score (nSPS) is 11.5. The summed E-state index contributed by atoms with van der Waals surface area (Å²) in [4.78, 5) is 2.39. The summed E-state index contributed by atoms with van der Waals surface area (Å²) in [6.07, 6.45) is 0. The third kappa shape index (κ3) is 5.45. The molecular formula is C58H36N2. The van der Waals surface area contributed by atoms with E-state index < -0.39 is 0 Å². The molecule has 278 valence electrons. The molecule has 2 nitrogen and oxygen atoms in total. The van der Waals surface area contributed by atoms with E-state index in [1.807, 2.05) is 6.07 Å². The predicted octanol–water partition coefficient (Wildman–Crippen LogP) is 15.8. The van der Waals surface area contributed by atoms with Gasteiger partial charge in [-0.3, -0.25) is 0 Å². The van der Waals surface area contributed by atoms with Crippen LogP contribution in [0.15, 0.2) is 218 Å². The number of nitrogens with zero attached hydrogens (tertiary/aromatic N) is 2. The maximum atomic E-state index is 3.47. The highest BCUT2D eigenvalue weighted by atomic mass is 15.1. The minimum absolute atomic E-state index is 1.06. The molecule has 0 radical (unpaired) electrons. The molecule has 0 N–H and O–H groups in total. The van der Waals surface area contributed by atoms with Gasteiger partial charge in [0.2, 0.25) is 0 Å². The predicted molar refractivity (Wildman–Crippen MR) is 254 cm³/mol. The van der Waals surface area contributed by atoms with E-state index in [2.05, 4.69) is 234 Å². The van der Waals surface area contributed by atoms with Crippen molar-refractivity contribution >= 4 is 82.0 Å². The Bertz CT molecular complexity index is 3580. The van der Waals surface area contributed by atoms with Gasteiger partial charge in [-0.25, -0.2) is 0 Å². The third-order valence-corrected chi connectivity index (χ3v) is 12.2. The second kappa shape index (κ2) is 13.8. The van der Waals surface area contributed by atoms with Crippen molar-refractivity contribution in [2.24, 2.45) is 0 Å². The summed E-state index contributed by atoms with van der Waals surface area (Å²) in [6.45, 7) is 0. The van der Waals surface area contributed by atoms with Crippen molar-refractivity contribution in [2.45, 2.75) is 0 Å². The quantitative estimate of drug-likeness (QED) is 0.153. The van der Waals surface area contributed by atoms with Crippen LogP contribution in [0.5, 0.6) is 0 Å². The Labute approximate surface area is 348 Å². The number of anilines is 3. The second-order valence-electron chi connectivity index (χ2n) is 15.5. The Morgan fingerprint density at radius 3 is 1.72 bits per heavy atom. The molecule has 1 heterocycles. The summed E-state index contributed by atoms with van der Waals surface area (Å²) in [5, 5.41) is 12.1. The summed E-state index contributed by atoms with van der Waals surface area (Å²) in [5.74, 6) is 0. The molecular weight excluding hydrogens is 725 g/mol. The largest absolute Gasteiger partial charge is 0.310 e. The topological polar surface area (TPSA) is 8.17 Å². The number of para-hydroxylation sites is 2. The van der Waals surface area contributed by atoms with Crippen LogP contribution in [0.2, 0.25) is 0 Å². The summed E-state index contributed by atoms with van der Waals surface area (Å²) < 4.78 is 2.37. The minimum atomic E-state index is 1.06. The third-order valence-electron chi connectivity index (χ3n) is 12.2. The molecule has 0 atom stereocenters. The van der Waals surface area contributed by atoms with Gasteiger partial charge >= 0.3 is 0 Å². The van der Waals surface area contributed by atoms with Gasteiger partial charge in [-0.2, -0.15) is 0 Å². The van der Waals surface area contributed by atoms with Gasteiger partial charge in [0.1, 0.15) is 0 Å². The summed E-state index contributed by atoms with van der Waals surface area (Å²) in [5.41, 5.74) is 11.6. The van der Waals surface area contributed by atoms with Gasteiger partial charge in [-0.15, -0.1) is 0 Å². The van der Waals surface area contributed by atoms with Crippen LogP contribution >= 0.6 is 0 Å². The van der Waals surface area contributed by atoms with Gasteiger partial charge in [0, 0.05) is 38.6 Å². The number of fused-ring (bicyclic) bond motifs is 9. The highest BCUT2D eigenvalue weighted by Crippen LogP contribution is 2.44. The fraction of sp³-hybridized carbons (Fsp3) is 0. The van der Waals surface area contributed by atoms with E-state index in [1.165, 1.54) is 76.4 Å². The molecule has 0 aliphatic carbocycles. The molecule has 12 rings (SSSR count). The lowest BCUT2D eigenvalue weighted by molar-refractivity contribution is 1.18. The molecule has 0 bridgehead atoms. The van der Waals surface area contributed by atoms with Gasteiger partial charge in [0.05, 0.1) is 16.7 Å². The SMILES string of the molecule is c1ccc2c(N(c3ccc(-c4ccc5c(c4)c4ccccc4n5-c4ccccc4)cc3)c3ccc(-c4cc5ccccc5c5ccccc45)cc3)cc3ccccc3c2c#1. The molecule has 12 aromatic rings. The van der Waals surface area contributed by atoms with Crippen molar-refractivity contribution in [3.63, 3.8) is 0 Å². The van der Waals surface area contributed by atoms with Gasteiger partial charge in [0.15, 0.2) is 0 Å². The Kier molecular flexibility index (Phi) is 7.80. The van der Waals surface area contributed by atoms with Gasteiger partial charge in [0.25, 0.3) is 0 Å². The van der Waals surface area contributed by atoms with Crippen molar-refractivity contribution in [2.75, 3.05) is 4.90 Å². The van der Waals surface area contributed by atoms with Gasteiger partial charge in [-0.05, 0) is 133 Å². The fourth-order valence-corrected chi connectivity index (χ4v) is 9.40. The molecule has 2 heteroatoms. The highest BCUT2D eigenvalue weighted by Gasteiger charge is 2.19. The van der Waals surface area contributed by atoms with Crippen LogP contribution in [0.4, 0.5) is 17.1 Å². The summed E-state index contributed by atoms with van der Waals surface area (Å²) in [7, 11) is 0. The standard InChI is InChI=1S/C58H36N2/c1-2-16-44(17-3-1)60-56-25-13-12-24-53(56)55-36-41(30-35-57(55)60)39-26-31-45(32-27-39)59(58-38-43-15-5-7-19-48(43)50-21-10-11-23-52(50)58)46-33-28-40(29-34-46)54-37-42-14-4-6-18-47(42)49-20-8-9-22-51(49)54/h1-9,11-20,22-38H. The Morgan fingerprint density at radius 1 is 0.367 bits per heavy atom. The fourth-order valence-electron chi connectivity index (χ4n) is 9.40. The minimum Gasteiger partial charge on any atom is -0.310 e. The van der Waals surface area contributed by atoms with Crippen LogP contribution in [0.1, 0.15) is 0 Å². The Hall–Kier alpha value is -8.12. The van der Waals surface area contributed by atoms with E-state index >= 15 is 0 Å². The highest BCUT2D eigenvalue weighted by molar-refractivity contribution is 6.15. The van der Waals surface area contributed by atoms with Crippen molar-refractivity contribution < 1.29 is 0 Å². The average molecular weight is 761 g/mol. The van der Waals surface area contributed by atoms with E-state index in [9.17, 15) is 0 Å². The average Bonchev–Trinajstić information content (AvgIpc) is 3.66. The lowest BCUT2D eigenvalue weighted by Gasteiger charge is -2.27. The van der Waals surface area contributed by atoms with Crippen LogP contribution in [0, 0.1) is 12.1 Å². The lowest BCUT2D eigenvalue weighted by atomic mass is 9.93. The lowest BCUT2D eigenvalue weighted by Crippen LogP contribution is -2.10. The molecule has 0 saturated carbocycles. The number of aromatic nitrogens is 1. The van der Waals surface area contributed by atoms with Gasteiger partial charge in [-0.1, -0.05) is 152 Å². The number of hydrogen-bond donors (Lipinski definition) is 0. The van der Waals surface area contributed by atoms with Crippen LogP contribution in [0.3, 0.4) is 0 Å². The van der Waals surface area contributed by atoms with Crippen molar-refractivity contribution in [3.05, 3.63) is 231 Å². The monoisotopic (exact) mass is 760 g/mol. The van der Waals surface area contributed by atoms with E-state index in [0.717, 1.165) is 33.5 Å². The number of hydrogen-bond acceptors (Lipinski definition) is 1. The van der Waals surface area contributed by atoms with E-state index in [1.54, 1.807) is 0 Å². The van der Waals surface area contributed by atoms with Crippen LogP contribution in [0.25, 0.3) is 92.8 Å². The first-order valence-corrected chi connectivity index (χ1v) is 20.5. The first-order valence-electron chi connectivity index (χ1n) is 20.5. The second-order valence-corrected chi connectivity index (χ2v) is 15.5. The molecule has 0 fully saturated rings. The first kappa shape index (κ1) is 34.0. The summed E-state index contributed by atoms with van der Waals surface area (Å²) in [6, 6.07) is 85.9. The van der Waals surface area contributed by atoms with Gasteiger partial charge < -0.3 is 9.47 Å². The number of rotatable bonds is 6. The first-order chi connectivity index (χ1) is 29.8. The van der Waals surface area contributed by atoms with E-state index in [0.29, 0.717) is 0 Å².